The molecule has 10 nitrogen and oxygen atoms in total. The fourth-order valence-corrected chi connectivity index (χ4v) is 4.46. The van der Waals surface area contributed by atoms with E-state index in [1.165, 1.54) is 0 Å². The molecule has 0 aliphatic heterocycles. The molecule has 0 radical (unpaired) electrons. The second kappa shape index (κ2) is 11.2. The van der Waals surface area contributed by atoms with Gasteiger partial charge < -0.3 is 24.1 Å². The fraction of sp³-hybridized carbons (Fsp3) is 0.387. The van der Waals surface area contributed by atoms with E-state index in [1.54, 1.807) is 19.2 Å². The molecule has 5 rings (SSSR count). The molecule has 0 spiro atoms. The highest BCUT2D eigenvalue weighted by Gasteiger charge is 2.34. The van der Waals surface area contributed by atoms with Crippen molar-refractivity contribution in [2.75, 3.05) is 0 Å². The van der Waals surface area contributed by atoms with Gasteiger partial charge in [-0.25, -0.2) is 9.78 Å². The standard InChI is InChI=1S/C31H35N5O5/c1-19-33-28(41-36-19)27-32-16-15-26(34-27)39-23-13-9-21(10-14-23)31(5,6)20-7-11-22(12-8-20)38-24-17-25(18-24)40-29(37)35-30(2,3)4/h7-16,24-25H,17-18H2,1-6H3,(H,35,37). The van der Waals surface area contributed by atoms with E-state index in [4.69, 9.17) is 18.7 Å². The Hall–Kier alpha value is -4.47. The number of alkyl carbamates (subject to hydrolysis) is 1. The van der Waals surface area contributed by atoms with Crippen molar-refractivity contribution in [2.45, 2.75) is 77.5 Å². The summed E-state index contributed by atoms with van der Waals surface area (Å²) in [6.07, 6.45) is 2.50. The summed E-state index contributed by atoms with van der Waals surface area (Å²) in [4.78, 5) is 24.7. The van der Waals surface area contributed by atoms with Crippen LogP contribution in [0.1, 0.15) is 64.4 Å². The maximum atomic E-state index is 11.9. The van der Waals surface area contributed by atoms with Crippen molar-refractivity contribution < 1.29 is 23.5 Å². The summed E-state index contributed by atoms with van der Waals surface area (Å²) < 4.78 is 22.6. The number of benzene rings is 2. The minimum atomic E-state index is -0.384. The average molecular weight is 558 g/mol. The van der Waals surface area contributed by atoms with E-state index in [-0.39, 0.29) is 35.1 Å². The van der Waals surface area contributed by atoms with Crippen LogP contribution in [0.5, 0.6) is 17.4 Å². The van der Waals surface area contributed by atoms with Crippen LogP contribution in [0, 0.1) is 6.92 Å². The molecule has 1 amide bonds. The molecule has 0 bridgehead atoms. The summed E-state index contributed by atoms with van der Waals surface area (Å²) >= 11 is 0. The molecule has 1 aliphatic rings. The number of aryl methyl sites for hydroxylation is 1. The highest BCUT2D eigenvalue weighted by molar-refractivity contribution is 5.68. The monoisotopic (exact) mass is 557 g/mol. The van der Waals surface area contributed by atoms with Crippen LogP contribution in [0.4, 0.5) is 4.79 Å². The number of hydrogen-bond donors (Lipinski definition) is 1. The van der Waals surface area contributed by atoms with E-state index in [1.807, 2.05) is 57.2 Å². The number of amides is 1. The number of hydrogen-bond acceptors (Lipinski definition) is 9. The van der Waals surface area contributed by atoms with Crippen molar-refractivity contribution in [3.63, 3.8) is 0 Å². The Kier molecular flexibility index (Phi) is 7.66. The van der Waals surface area contributed by atoms with Crippen molar-refractivity contribution in [1.82, 2.24) is 25.4 Å². The zero-order valence-corrected chi connectivity index (χ0v) is 24.2. The van der Waals surface area contributed by atoms with Crippen LogP contribution in [-0.4, -0.2) is 43.9 Å². The molecule has 0 saturated heterocycles. The topological polar surface area (TPSA) is 121 Å². The predicted molar refractivity (Wildman–Crippen MR) is 152 cm³/mol. The largest absolute Gasteiger partial charge is 0.490 e. The Labute approximate surface area is 239 Å². The lowest BCUT2D eigenvalue weighted by Crippen LogP contribution is -2.46. The highest BCUT2D eigenvalue weighted by Crippen LogP contribution is 2.35. The number of aromatic nitrogens is 4. The third kappa shape index (κ3) is 7.00. The van der Waals surface area contributed by atoms with E-state index in [9.17, 15) is 4.79 Å². The Balaban J connectivity index is 1.15. The summed E-state index contributed by atoms with van der Waals surface area (Å²) in [6.45, 7) is 11.9. The lowest BCUT2D eigenvalue weighted by molar-refractivity contribution is -0.0243. The number of rotatable bonds is 8. The van der Waals surface area contributed by atoms with Crippen molar-refractivity contribution in [2.24, 2.45) is 0 Å². The lowest BCUT2D eigenvalue weighted by Gasteiger charge is -2.35. The van der Waals surface area contributed by atoms with Gasteiger partial charge in [0, 0.05) is 36.1 Å². The zero-order chi connectivity index (χ0) is 29.2. The van der Waals surface area contributed by atoms with Gasteiger partial charge in [-0.1, -0.05) is 43.3 Å². The summed E-state index contributed by atoms with van der Waals surface area (Å²) in [5.74, 6) is 2.89. The predicted octanol–water partition coefficient (Wildman–Crippen LogP) is 6.39. The van der Waals surface area contributed by atoms with Crippen LogP contribution in [0.15, 0.2) is 65.3 Å². The van der Waals surface area contributed by atoms with E-state index in [0.717, 1.165) is 16.9 Å². The molecular formula is C31H35N5O5. The van der Waals surface area contributed by atoms with Gasteiger partial charge in [0.1, 0.15) is 23.7 Å². The first-order valence-corrected chi connectivity index (χ1v) is 13.6. The quantitative estimate of drug-likeness (QED) is 0.263. The van der Waals surface area contributed by atoms with Crippen LogP contribution < -0.4 is 14.8 Å². The molecule has 0 atom stereocenters. The molecule has 0 unspecified atom stereocenters. The van der Waals surface area contributed by atoms with Gasteiger partial charge in [0.25, 0.3) is 5.89 Å². The molecule has 10 heteroatoms. The number of carbonyl (C=O) groups is 1. The molecule has 4 aromatic rings. The maximum absolute atomic E-state index is 11.9. The fourth-order valence-electron chi connectivity index (χ4n) is 4.46. The van der Waals surface area contributed by atoms with E-state index in [2.05, 4.69) is 51.4 Å². The van der Waals surface area contributed by atoms with Crippen molar-refractivity contribution in [1.29, 1.82) is 0 Å². The van der Waals surface area contributed by atoms with Gasteiger partial charge in [0.2, 0.25) is 11.7 Å². The van der Waals surface area contributed by atoms with Crippen molar-refractivity contribution >= 4 is 6.09 Å². The van der Waals surface area contributed by atoms with E-state index < -0.39 is 0 Å². The maximum Gasteiger partial charge on any atom is 0.407 e. The summed E-state index contributed by atoms with van der Waals surface area (Å²) in [5.41, 5.74) is 1.73. The molecule has 2 aromatic carbocycles. The smallest absolute Gasteiger partial charge is 0.407 e. The van der Waals surface area contributed by atoms with Gasteiger partial charge in [0.05, 0.1) is 0 Å². The van der Waals surface area contributed by atoms with E-state index >= 15 is 0 Å². The third-order valence-corrected chi connectivity index (χ3v) is 6.83. The average Bonchev–Trinajstić information content (AvgIpc) is 3.33. The van der Waals surface area contributed by atoms with Crippen LogP contribution in [0.2, 0.25) is 0 Å². The third-order valence-electron chi connectivity index (χ3n) is 6.83. The second-order valence-corrected chi connectivity index (χ2v) is 11.8. The molecule has 2 aromatic heterocycles. The van der Waals surface area contributed by atoms with Gasteiger partial charge in [-0.15, -0.1) is 0 Å². The van der Waals surface area contributed by atoms with Gasteiger partial charge >= 0.3 is 6.09 Å². The van der Waals surface area contributed by atoms with Gasteiger partial charge in [-0.05, 0) is 63.1 Å². The van der Waals surface area contributed by atoms with Crippen molar-refractivity contribution in [3.8, 4) is 29.1 Å². The van der Waals surface area contributed by atoms with Gasteiger partial charge in [-0.3, -0.25) is 0 Å². The first-order chi connectivity index (χ1) is 19.4. The minimum Gasteiger partial charge on any atom is -0.490 e. The summed E-state index contributed by atoms with van der Waals surface area (Å²) in [6, 6.07) is 17.8. The number of ether oxygens (including phenoxy) is 3. The SMILES string of the molecule is Cc1noc(-c2nccc(Oc3ccc(C(C)(C)c4ccc(OC5CC(OC(=O)NC(C)(C)C)C5)cc4)cc3)n2)n1. The Morgan fingerprint density at radius 3 is 2.10 bits per heavy atom. The molecule has 41 heavy (non-hydrogen) atoms. The summed E-state index contributed by atoms with van der Waals surface area (Å²) in [5, 5.41) is 6.59. The molecular weight excluding hydrogens is 522 g/mol. The second-order valence-electron chi connectivity index (χ2n) is 11.8. The van der Waals surface area contributed by atoms with Gasteiger partial charge in [-0.2, -0.15) is 9.97 Å². The lowest BCUT2D eigenvalue weighted by atomic mass is 9.78. The molecule has 1 aliphatic carbocycles. The molecule has 1 fully saturated rings. The molecule has 214 valence electrons. The molecule has 2 heterocycles. The molecule has 1 saturated carbocycles. The normalized spacial score (nSPS) is 16.9. The number of carbonyl (C=O) groups excluding carboxylic acids is 1. The zero-order valence-electron chi connectivity index (χ0n) is 24.2. The van der Waals surface area contributed by atoms with Crippen LogP contribution >= 0.6 is 0 Å². The number of nitrogens with zero attached hydrogens (tertiary/aromatic N) is 4. The Morgan fingerprint density at radius 1 is 0.878 bits per heavy atom. The van der Waals surface area contributed by atoms with Gasteiger partial charge in [0.15, 0.2) is 5.82 Å². The number of nitrogens with one attached hydrogen (secondary N) is 1. The highest BCUT2D eigenvalue weighted by atomic mass is 16.6. The van der Waals surface area contributed by atoms with Crippen LogP contribution in [0.3, 0.4) is 0 Å². The van der Waals surface area contributed by atoms with Crippen molar-refractivity contribution in [3.05, 3.63) is 77.7 Å². The van der Waals surface area contributed by atoms with Crippen LogP contribution in [-0.2, 0) is 10.2 Å². The first-order valence-electron chi connectivity index (χ1n) is 13.6. The molecule has 1 N–H and O–H groups in total. The summed E-state index contributed by atoms with van der Waals surface area (Å²) in [7, 11) is 0. The first kappa shape index (κ1) is 28.1. The Morgan fingerprint density at radius 2 is 1.51 bits per heavy atom. The van der Waals surface area contributed by atoms with Crippen LogP contribution in [0.25, 0.3) is 11.7 Å². The Bertz CT molecular complexity index is 1490. The van der Waals surface area contributed by atoms with E-state index in [0.29, 0.717) is 36.1 Å². The minimum absolute atomic E-state index is 0.0379.